The summed E-state index contributed by atoms with van der Waals surface area (Å²) in [7, 11) is 0. The topological polar surface area (TPSA) is 13.1 Å². The normalized spacial score (nSPS) is 12.9. The SMILES string of the molecule is [2H]c1c(-c2c3ccccc3c(-c3cccc4ccccc34)c3ccccc23)c([2H])c2c(oc3ccccc32)c1[2H]. The Morgan fingerprint density at radius 3 is 1.73 bits per heavy atom. The summed E-state index contributed by atoms with van der Waals surface area (Å²) in [6.07, 6.45) is 0. The van der Waals surface area contributed by atoms with Crippen LogP contribution in [0.4, 0.5) is 0 Å². The average molecular weight is 474 g/mol. The van der Waals surface area contributed by atoms with E-state index in [1.54, 1.807) is 0 Å². The standard InChI is InChI=1S/C36H22O/c1-2-12-25-23(10-1)11-9-18-27(25)36-30-16-5-3-14-28(30)35(29-15-4-6-17-31(29)36)24-20-21-34-32(22-24)26-13-7-8-19-33(26)37-34/h1-22H/i20D,21D,22D. The van der Waals surface area contributed by atoms with Crippen molar-refractivity contribution in [3.05, 3.63) is 133 Å². The highest BCUT2D eigenvalue weighted by Crippen LogP contribution is 2.45. The largest absolute Gasteiger partial charge is 0.456 e. The molecule has 0 fully saturated rings. The van der Waals surface area contributed by atoms with Crippen LogP contribution in [0.5, 0.6) is 0 Å². The minimum atomic E-state index is 0.00323. The van der Waals surface area contributed by atoms with Crippen molar-refractivity contribution in [3.63, 3.8) is 0 Å². The van der Waals surface area contributed by atoms with Crippen molar-refractivity contribution in [2.75, 3.05) is 0 Å². The molecule has 8 aromatic rings. The molecule has 0 aliphatic carbocycles. The minimum absolute atomic E-state index is 0.00323. The molecule has 0 radical (unpaired) electrons. The summed E-state index contributed by atoms with van der Waals surface area (Å²) in [5, 5.41) is 7.74. The lowest BCUT2D eigenvalue weighted by Gasteiger charge is -2.18. The van der Waals surface area contributed by atoms with Crippen molar-refractivity contribution in [1.82, 2.24) is 0 Å². The lowest BCUT2D eigenvalue weighted by Crippen LogP contribution is -1.91. The third-order valence-corrected chi connectivity index (χ3v) is 7.39. The van der Waals surface area contributed by atoms with E-state index in [0.717, 1.165) is 43.6 Å². The number of rotatable bonds is 2. The van der Waals surface area contributed by atoms with E-state index >= 15 is 0 Å². The molecule has 1 nitrogen and oxygen atoms in total. The summed E-state index contributed by atoms with van der Waals surface area (Å²) in [6, 6.07) is 39.1. The zero-order chi connectivity index (χ0) is 27.0. The van der Waals surface area contributed by atoms with Gasteiger partial charge in [0.2, 0.25) is 0 Å². The van der Waals surface area contributed by atoms with Crippen molar-refractivity contribution < 1.29 is 8.53 Å². The van der Waals surface area contributed by atoms with Crippen LogP contribution in [0.2, 0.25) is 0 Å². The molecule has 0 saturated heterocycles. The molecular weight excluding hydrogens is 448 g/mol. The van der Waals surface area contributed by atoms with E-state index in [1.165, 1.54) is 10.8 Å². The first-order valence-electron chi connectivity index (χ1n) is 14.0. The third kappa shape index (κ3) is 2.98. The first kappa shape index (κ1) is 17.5. The van der Waals surface area contributed by atoms with Crippen LogP contribution in [-0.2, 0) is 0 Å². The Kier molecular flexibility index (Phi) is 3.70. The van der Waals surface area contributed by atoms with Crippen molar-refractivity contribution in [1.29, 1.82) is 0 Å². The molecule has 1 heterocycles. The Bertz CT molecular complexity index is 2250. The van der Waals surface area contributed by atoms with E-state index < -0.39 is 0 Å². The van der Waals surface area contributed by atoms with Crippen LogP contribution in [-0.4, -0.2) is 0 Å². The number of para-hydroxylation sites is 1. The van der Waals surface area contributed by atoms with Crippen LogP contribution < -0.4 is 0 Å². The van der Waals surface area contributed by atoms with Gasteiger partial charge in [-0.05, 0) is 72.7 Å². The number of benzene rings is 7. The Labute approximate surface area is 218 Å². The van der Waals surface area contributed by atoms with Crippen LogP contribution in [0, 0.1) is 0 Å². The number of fused-ring (bicyclic) bond motifs is 6. The minimum Gasteiger partial charge on any atom is -0.456 e. The first-order chi connectivity index (χ1) is 19.6. The molecule has 172 valence electrons. The fraction of sp³-hybridized carbons (Fsp3) is 0. The molecule has 0 bridgehead atoms. The highest BCUT2D eigenvalue weighted by atomic mass is 16.3. The van der Waals surface area contributed by atoms with Gasteiger partial charge in [-0.15, -0.1) is 0 Å². The summed E-state index contributed by atoms with van der Waals surface area (Å²) in [4.78, 5) is 0. The predicted octanol–water partition coefficient (Wildman–Crippen LogP) is 10.4. The quantitative estimate of drug-likeness (QED) is 0.228. The van der Waals surface area contributed by atoms with Crippen molar-refractivity contribution in [2.45, 2.75) is 0 Å². The molecule has 0 spiro atoms. The molecule has 1 aromatic heterocycles. The van der Waals surface area contributed by atoms with Gasteiger partial charge in [0.25, 0.3) is 0 Å². The third-order valence-electron chi connectivity index (χ3n) is 7.39. The maximum Gasteiger partial charge on any atom is 0.135 e. The summed E-state index contributed by atoms with van der Waals surface area (Å²) in [5.74, 6) is 0. The van der Waals surface area contributed by atoms with Crippen LogP contribution >= 0.6 is 0 Å². The maximum atomic E-state index is 9.43. The molecule has 0 atom stereocenters. The van der Waals surface area contributed by atoms with Crippen molar-refractivity contribution in [2.24, 2.45) is 0 Å². The second kappa shape index (κ2) is 7.81. The van der Waals surface area contributed by atoms with Gasteiger partial charge in [-0.3, -0.25) is 0 Å². The fourth-order valence-electron chi connectivity index (χ4n) is 5.79. The number of hydrogen-bond acceptors (Lipinski definition) is 1. The molecule has 8 rings (SSSR count). The molecule has 37 heavy (non-hydrogen) atoms. The van der Waals surface area contributed by atoms with E-state index in [9.17, 15) is 1.37 Å². The predicted molar refractivity (Wildman–Crippen MR) is 157 cm³/mol. The van der Waals surface area contributed by atoms with Gasteiger partial charge in [0.1, 0.15) is 11.2 Å². The van der Waals surface area contributed by atoms with Gasteiger partial charge in [0.05, 0.1) is 4.11 Å². The van der Waals surface area contributed by atoms with Crippen LogP contribution in [0.15, 0.2) is 138 Å². The van der Waals surface area contributed by atoms with E-state index in [0.29, 0.717) is 22.1 Å². The van der Waals surface area contributed by atoms with Gasteiger partial charge in [0, 0.05) is 10.8 Å². The summed E-state index contributed by atoms with van der Waals surface area (Å²) < 4.78 is 33.5. The molecule has 7 aromatic carbocycles. The molecule has 0 unspecified atom stereocenters. The molecule has 0 N–H and O–H groups in total. The molecule has 0 aliphatic heterocycles. The number of furan rings is 1. The molecular formula is C36H22O. The monoisotopic (exact) mass is 473 g/mol. The molecule has 0 saturated carbocycles. The lowest BCUT2D eigenvalue weighted by atomic mass is 9.84. The van der Waals surface area contributed by atoms with E-state index in [-0.39, 0.29) is 18.1 Å². The zero-order valence-electron chi connectivity index (χ0n) is 22.9. The fourth-order valence-corrected chi connectivity index (χ4v) is 5.79. The Morgan fingerprint density at radius 1 is 0.432 bits per heavy atom. The van der Waals surface area contributed by atoms with Crippen molar-refractivity contribution in [3.8, 4) is 22.3 Å². The summed E-state index contributed by atoms with van der Waals surface area (Å²) in [6.45, 7) is 0. The van der Waals surface area contributed by atoms with Gasteiger partial charge in [-0.25, -0.2) is 0 Å². The van der Waals surface area contributed by atoms with Gasteiger partial charge in [-0.1, -0.05) is 115 Å². The molecule has 0 amide bonds. The van der Waals surface area contributed by atoms with Crippen LogP contribution in [0.3, 0.4) is 0 Å². The second-order valence-corrected chi connectivity index (χ2v) is 9.42. The highest BCUT2D eigenvalue weighted by molar-refractivity contribution is 6.24. The Balaban J connectivity index is 1.59. The molecule has 0 aliphatic rings. The van der Waals surface area contributed by atoms with Gasteiger partial charge in [-0.2, -0.15) is 0 Å². The number of hydrogen-bond donors (Lipinski definition) is 0. The van der Waals surface area contributed by atoms with Crippen molar-refractivity contribution >= 4 is 54.3 Å². The van der Waals surface area contributed by atoms with E-state index in [4.69, 9.17) is 7.16 Å². The smallest absolute Gasteiger partial charge is 0.135 e. The first-order valence-corrected chi connectivity index (χ1v) is 12.5. The van der Waals surface area contributed by atoms with Gasteiger partial charge in [0.15, 0.2) is 0 Å². The maximum absolute atomic E-state index is 9.43. The summed E-state index contributed by atoms with van der Waals surface area (Å²) in [5.41, 5.74) is 4.46. The summed E-state index contributed by atoms with van der Waals surface area (Å²) >= 11 is 0. The van der Waals surface area contributed by atoms with Gasteiger partial charge >= 0.3 is 0 Å². The molecule has 1 heteroatoms. The van der Waals surface area contributed by atoms with Crippen LogP contribution in [0.25, 0.3) is 76.5 Å². The van der Waals surface area contributed by atoms with E-state index in [1.807, 2.05) is 48.5 Å². The lowest BCUT2D eigenvalue weighted by molar-refractivity contribution is 0.669. The zero-order valence-corrected chi connectivity index (χ0v) is 19.9. The average Bonchev–Trinajstić information content (AvgIpc) is 3.40. The van der Waals surface area contributed by atoms with E-state index in [2.05, 4.69) is 66.7 Å². The highest BCUT2D eigenvalue weighted by Gasteiger charge is 2.18. The Morgan fingerprint density at radius 2 is 1.00 bits per heavy atom. The Hall–Kier alpha value is -4.88. The second-order valence-electron chi connectivity index (χ2n) is 9.42. The van der Waals surface area contributed by atoms with Gasteiger partial charge < -0.3 is 4.42 Å². The van der Waals surface area contributed by atoms with Crippen LogP contribution in [0.1, 0.15) is 4.11 Å².